The molecule has 0 fully saturated rings. The summed E-state index contributed by atoms with van der Waals surface area (Å²) < 4.78 is 16.0. The minimum Gasteiger partial charge on any atom is -0.448 e. The summed E-state index contributed by atoms with van der Waals surface area (Å²) in [7, 11) is 0. The Morgan fingerprint density at radius 3 is 2.77 bits per heavy atom. The number of hydrogen-bond acceptors (Lipinski definition) is 5. The fraction of sp³-hybridized carbons (Fsp3) is 0.0667. The van der Waals surface area contributed by atoms with Crippen molar-refractivity contribution < 1.29 is 18.5 Å². The van der Waals surface area contributed by atoms with Gasteiger partial charge in [-0.05, 0) is 33.6 Å². The second-order valence-corrected chi connectivity index (χ2v) is 5.15. The minimum atomic E-state index is -0.618. The largest absolute Gasteiger partial charge is 0.448 e. The van der Waals surface area contributed by atoms with Crippen molar-refractivity contribution in [3.05, 3.63) is 58.8 Å². The maximum absolute atomic E-state index is 11.7. The summed E-state index contributed by atoms with van der Waals surface area (Å²) in [5.41, 5.74) is 1.38. The van der Waals surface area contributed by atoms with Crippen molar-refractivity contribution in [1.29, 1.82) is 0 Å². The van der Waals surface area contributed by atoms with Crippen molar-refractivity contribution in [3.8, 4) is 11.5 Å². The van der Waals surface area contributed by atoms with Gasteiger partial charge in [-0.2, -0.15) is 0 Å². The first-order valence-corrected chi connectivity index (χ1v) is 7.20. The van der Waals surface area contributed by atoms with Gasteiger partial charge < -0.3 is 13.7 Å². The number of aromatic nitrogens is 1. The summed E-state index contributed by atoms with van der Waals surface area (Å²) in [4.78, 5) is 11.7. The Hall–Kier alpha value is -2.54. The lowest BCUT2D eigenvalue weighted by atomic mass is 10.2. The third-order valence-electron chi connectivity index (χ3n) is 2.77. The molecule has 1 N–H and O–H groups in total. The Kier molecular flexibility index (Phi) is 4.24. The van der Waals surface area contributed by atoms with Crippen LogP contribution in [0.15, 0.2) is 62.1 Å². The van der Waals surface area contributed by atoms with E-state index < -0.39 is 6.09 Å². The number of hydrogen-bond donors (Lipinski definition) is 1. The Labute approximate surface area is 134 Å². The van der Waals surface area contributed by atoms with Crippen LogP contribution in [-0.4, -0.2) is 11.2 Å². The SMILES string of the molecule is O=C(Nc1cc(-c2ccc(Br)o2)no1)OCc1ccccc1. The molecular weight excluding hydrogens is 352 g/mol. The molecule has 0 spiro atoms. The molecule has 2 aromatic heterocycles. The standard InChI is InChI=1S/C15H11BrN2O4/c16-13-7-6-12(21-13)11-8-14(22-18-11)17-15(19)20-9-10-4-2-1-3-5-10/h1-8H,9H2,(H,17,19). The van der Waals surface area contributed by atoms with Gasteiger partial charge in [-0.15, -0.1) is 0 Å². The van der Waals surface area contributed by atoms with Crippen LogP contribution in [0.4, 0.5) is 10.7 Å². The van der Waals surface area contributed by atoms with E-state index in [1.54, 1.807) is 18.2 Å². The molecule has 6 nitrogen and oxygen atoms in total. The summed E-state index contributed by atoms with van der Waals surface area (Å²) in [5.74, 6) is 0.710. The van der Waals surface area contributed by atoms with Crippen molar-refractivity contribution in [2.24, 2.45) is 0 Å². The first-order valence-electron chi connectivity index (χ1n) is 6.41. The van der Waals surface area contributed by atoms with Crippen LogP contribution >= 0.6 is 15.9 Å². The number of furan rings is 1. The second kappa shape index (κ2) is 6.48. The first-order chi connectivity index (χ1) is 10.7. The number of nitrogens with zero attached hydrogens (tertiary/aromatic N) is 1. The highest BCUT2D eigenvalue weighted by atomic mass is 79.9. The van der Waals surface area contributed by atoms with Gasteiger partial charge in [0.05, 0.1) is 0 Å². The van der Waals surface area contributed by atoms with E-state index in [1.165, 1.54) is 0 Å². The zero-order chi connectivity index (χ0) is 15.4. The molecule has 112 valence electrons. The van der Waals surface area contributed by atoms with E-state index in [-0.39, 0.29) is 12.5 Å². The van der Waals surface area contributed by atoms with E-state index in [4.69, 9.17) is 13.7 Å². The van der Waals surface area contributed by atoms with E-state index >= 15 is 0 Å². The molecule has 0 saturated carbocycles. The lowest BCUT2D eigenvalue weighted by molar-refractivity contribution is 0.154. The van der Waals surface area contributed by atoms with Crippen LogP contribution in [0.3, 0.4) is 0 Å². The van der Waals surface area contributed by atoms with Gasteiger partial charge in [0.2, 0.25) is 5.88 Å². The van der Waals surface area contributed by atoms with Gasteiger partial charge in [0.15, 0.2) is 16.1 Å². The molecular formula is C15H11BrN2O4. The summed E-state index contributed by atoms with van der Waals surface area (Å²) in [6.07, 6.45) is -0.618. The molecule has 0 atom stereocenters. The molecule has 3 aromatic rings. The summed E-state index contributed by atoms with van der Waals surface area (Å²) in [6.45, 7) is 0.179. The van der Waals surface area contributed by atoms with Crippen LogP contribution in [0.25, 0.3) is 11.5 Å². The van der Waals surface area contributed by atoms with E-state index in [1.807, 2.05) is 30.3 Å². The molecule has 0 aliphatic carbocycles. The third-order valence-corrected chi connectivity index (χ3v) is 3.20. The highest BCUT2D eigenvalue weighted by molar-refractivity contribution is 9.10. The number of halogens is 1. The van der Waals surface area contributed by atoms with Crippen molar-refractivity contribution in [2.75, 3.05) is 5.32 Å². The van der Waals surface area contributed by atoms with Crippen LogP contribution < -0.4 is 5.32 Å². The molecule has 7 heteroatoms. The molecule has 0 radical (unpaired) electrons. The van der Waals surface area contributed by atoms with Crippen molar-refractivity contribution in [1.82, 2.24) is 5.16 Å². The quantitative estimate of drug-likeness (QED) is 0.741. The van der Waals surface area contributed by atoms with E-state index in [0.717, 1.165) is 5.56 Å². The fourth-order valence-electron chi connectivity index (χ4n) is 1.76. The van der Waals surface area contributed by atoms with E-state index in [0.29, 0.717) is 16.1 Å². The molecule has 0 aliphatic rings. The first kappa shape index (κ1) is 14.4. The monoisotopic (exact) mass is 362 g/mol. The highest BCUT2D eigenvalue weighted by Crippen LogP contribution is 2.26. The molecule has 22 heavy (non-hydrogen) atoms. The number of rotatable bonds is 4. The minimum absolute atomic E-state index is 0.179. The number of benzene rings is 1. The molecule has 0 saturated heterocycles. The van der Waals surface area contributed by atoms with Crippen LogP contribution in [0.1, 0.15) is 5.56 Å². The fourth-order valence-corrected chi connectivity index (χ4v) is 2.07. The summed E-state index contributed by atoms with van der Waals surface area (Å²) in [6, 6.07) is 14.4. The number of carbonyl (C=O) groups is 1. The predicted octanol–water partition coefficient (Wildman–Crippen LogP) is 4.45. The maximum atomic E-state index is 11.7. The average molecular weight is 363 g/mol. The van der Waals surface area contributed by atoms with E-state index in [9.17, 15) is 4.79 Å². The number of amides is 1. The number of nitrogens with one attached hydrogen (secondary N) is 1. The number of carbonyl (C=O) groups excluding carboxylic acids is 1. The Morgan fingerprint density at radius 2 is 2.05 bits per heavy atom. The Balaban J connectivity index is 1.57. The lowest BCUT2D eigenvalue weighted by Crippen LogP contribution is -2.12. The third kappa shape index (κ3) is 3.56. The molecule has 0 bridgehead atoms. The van der Waals surface area contributed by atoms with Crippen LogP contribution in [-0.2, 0) is 11.3 Å². The molecule has 0 aliphatic heterocycles. The Bertz CT molecular complexity index is 767. The zero-order valence-corrected chi connectivity index (χ0v) is 12.9. The average Bonchev–Trinajstić information content (AvgIpc) is 3.15. The van der Waals surface area contributed by atoms with Gasteiger partial charge in [0.1, 0.15) is 6.61 Å². The predicted molar refractivity (Wildman–Crippen MR) is 82.2 cm³/mol. The van der Waals surface area contributed by atoms with Gasteiger partial charge in [0.25, 0.3) is 0 Å². The second-order valence-electron chi connectivity index (χ2n) is 4.37. The molecule has 2 heterocycles. The smallest absolute Gasteiger partial charge is 0.414 e. The van der Waals surface area contributed by atoms with E-state index in [2.05, 4.69) is 26.4 Å². The van der Waals surface area contributed by atoms with Crippen LogP contribution in [0.2, 0.25) is 0 Å². The number of anilines is 1. The normalized spacial score (nSPS) is 10.4. The highest BCUT2D eigenvalue weighted by Gasteiger charge is 2.12. The molecule has 1 aromatic carbocycles. The summed E-state index contributed by atoms with van der Waals surface area (Å²) >= 11 is 3.20. The molecule has 0 unspecified atom stereocenters. The van der Waals surface area contributed by atoms with Gasteiger partial charge in [-0.3, -0.25) is 5.32 Å². The molecule has 1 amide bonds. The van der Waals surface area contributed by atoms with Gasteiger partial charge in [0, 0.05) is 6.07 Å². The Morgan fingerprint density at radius 1 is 1.23 bits per heavy atom. The van der Waals surface area contributed by atoms with Crippen LogP contribution in [0, 0.1) is 0 Å². The molecule has 3 rings (SSSR count). The summed E-state index contributed by atoms with van der Waals surface area (Å²) in [5, 5.41) is 6.28. The van der Waals surface area contributed by atoms with Crippen molar-refractivity contribution in [3.63, 3.8) is 0 Å². The van der Waals surface area contributed by atoms with Crippen LogP contribution in [0.5, 0.6) is 0 Å². The maximum Gasteiger partial charge on any atom is 0.414 e. The lowest BCUT2D eigenvalue weighted by Gasteiger charge is -2.04. The van der Waals surface area contributed by atoms with Gasteiger partial charge in [-0.1, -0.05) is 35.5 Å². The number of ether oxygens (including phenoxy) is 1. The van der Waals surface area contributed by atoms with Gasteiger partial charge in [-0.25, -0.2) is 4.79 Å². The van der Waals surface area contributed by atoms with Gasteiger partial charge >= 0.3 is 6.09 Å². The van der Waals surface area contributed by atoms with Crippen molar-refractivity contribution in [2.45, 2.75) is 6.61 Å². The van der Waals surface area contributed by atoms with Crippen molar-refractivity contribution >= 4 is 27.9 Å². The zero-order valence-electron chi connectivity index (χ0n) is 11.3. The topological polar surface area (TPSA) is 77.5 Å².